The van der Waals surface area contributed by atoms with Gasteiger partial charge in [0.1, 0.15) is 11.5 Å². The number of rotatable bonds is 5. The minimum absolute atomic E-state index is 0.385. The van der Waals surface area contributed by atoms with Crippen LogP contribution in [0.25, 0.3) is 11.1 Å². The van der Waals surface area contributed by atoms with E-state index in [0.29, 0.717) is 5.92 Å². The predicted octanol–water partition coefficient (Wildman–Crippen LogP) is 7.06. The van der Waals surface area contributed by atoms with Gasteiger partial charge in [0.25, 0.3) is 0 Å². The van der Waals surface area contributed by atoms with Gasteiger partial charge in [-0.2, -0.15) is 0 Å². The van der Waals surface area contributed by atoms with E-state index in [0.717, 1.165) is 28.8 Å². The lowest BCUT2D eigenvalue weighted by Crippen LogP contribution is -1.97. The van der Waals surface area contributed by atoms with E-state index < -0.39 is 0 Å². The normalized spacial score (nSPS) is 12.3. The summed E-state index contributed by atoms with van der Waals surface area (Å²) < 4.78 is 7.27. The third kappa shape index (κ3) is 3.64. The molecule has 3 aromatic rings. The highest BCUT2D eigenvalue weighted by molar-refractivity contribution is 9.10. The first-order chi connectivity index (χ1) is 11.6. The van der Waals surface area contributed by atoms with Gasteiger partial charge in [0.05, 0.1) is 0 Å². The zero-order chi connectivity index (χ0) is 17.1. The lowest BCUT2D eigenvalue weighted by atomic mass is 9.92. The monoisotopic (exact) mass is 382 g/mol. The van der Waals surface area contributed by atoms with Crippen molar-refractivity contribution in [2.24, 2.45) is 0 Å². The summed E-state index contributed by atoms with van der Waals surface area (Å²) in [7, 11) is 0. The van der Waals surface area contributed by atoms with Crippen LogP contribution < -0.4 is 0 Å². The van der Waals surface area contributed by atoms with Crippen LogP contribution in [0.5, 0.6) is 0 Å². The molecule has 0 N–H and O–H groups in total. The Morgan fingerprint density at radius 2 is 1.62 bits per heavy atom. The van der Waals surface area contributed by atoms with E-state index in [1.807, 2.05) is 0 Å². The second kappa shape index (κ2) is 7.40. The summed E-state index contributed by atoms with van der Waals surface area (Å²) in [4.78, 5) is 0. The second-order valence-electron chi connectivity index (χ2n) is 6.45. The minimum Gasteiger partial charge on any atom is -0.465 e. The molecule has 0 saturated heterocycles. The summed E-state index contributed by atoms with van der Waals surface area (Å²) in [6, 6.07) is 19.2. The van der Waals surface area contributed by atoms with Gasteiger partial charge in [0.15, 0.2) is 0 Å². The quantitative estimate of drug-likeness (QED) is 0.460. The highest BCUT2D eigenvalue weighted by atomic mass is 79.9. The van der Waals surface area contributed by atoms with Crippen LogP contribution in [-0.4, -0.2) is 0 Å². The fourth-order valence-corrected chi connectivity index (χ4v) is 3.40. The summed E-state index contributed by atoms with van der Waals surface area (Å²) in [5.41, 5.74) is 5.13. The highest BCUT2D eigenvalue weighted by Crippen LogP contribution is 2.38. The molecule has 0 fully saturated rings. The number of hydrogen-bond donors (Lipinski definition) is 0. The fourth-order valence-electron chi connectivity index (χ4n) is 3.13. The van der Waals surface area contributed by atoms with E-state index >= 15 is 0 Å². The van der Waals surface area contributed by atoms with E-state index in [1.54, 1.807) is 0 Å². The number of hydrogen-bond acceptors (Lipinski definition) is 1. The van der Waals surface area contributed by atoms with Crippen molar-refractivity contribution in [1.82, 2.24) is 0 Å². The van der Waals surface area contributed by atoms with Crippen molar-refractivity contribution in [1.29, 1.82) is 0 Å². The molecule has 0 aliphatic carbocycles. The molecular formula is C22H23BrO. The second-order valence-corrected chi connectivity index (χ2v) is 7.37. The molecule has 0 saturated carbocycles. The van der Waals surface area contributed by atoms with Gasteiger partial charge in [0, 0.05) is 16.0 Å². The topological polar surface area (TPSA) is 13.1 Å². The summed E-state index contributed by atoms with van der Waals surface area (Å²) in [6.45, 7) is 6.48. The summed E-state index contributed by atoms with van der Waals surface area (Å²) in [5, 5.41) is 0. The third-order valence-corrected chi connectivity index (χ3v) is 5.23. The van der Waals surface area contributed by atoms with Crippen LogP contribution >= 0.6 is 15.9 Å². The first-order valence-electron chi connectivity index (χ1n) is 8.46. The Kier molecular flexibility index (Phi) is 5.25. The smallest absolute Gasteiger partial charge is 0.115 e. The van der Waals surface area contributed by atoms with Gasteiger partial charge in [-0.15, -0.1) is 0 Å². The Balaban J connectivity index is 1.87. The summed E-state index contributed by atoms with van der Waals surface area (Å²) in [6.07, 6.45) is 2.15. The van der Waals surface area contributed by atoms with Crippen LogP contribution in [0.1, 0.15) is 41.9 Å². The summed E-state index contributed by atoms with van der Waals surface area (Å²) in [5.74, 6) is 2.52. The zero-order valence-electron chi connectivity index (χ0n) is 14.5. The Bertz CT molecular complexity index is 800. The Hall–Kier alpha value is -1.80. The number of furan rings is 1. The maximum atomic E-state index is 6.17. The van der Waals surface area contributed by atoms with Gasteiger partial charge in [-0.25, -0.2) is 0 Å². The molecule has 0 bridgehead atoms. The molecule has 0 radical (unpaired) electrons. The van der Waals surface area contributed by atoms with Gasteiger partial charge in [-0.1, -0.05) is 65.3 Å². The van der Waals surface area contributed by atoms with Crippen LogP contribution in [-0.2, 0) is 6.42 Å². The van der Waals surface area contributed by atoms with Crippen LogP contribution in [0.15, 0.2) is 63.5 Å². The van der Waals surface area contributed by atoms with Crippen molar-refractivity contribution in [3.05, 3.63) is 81.7 Å². The van der Waals surface area contributed by atoms with Crippen molar-refractivity contribution in [3.63, 3.8) is 0 Å². The number of aryl methyl sites for hydroxylation is 2. The van der Waals surface area contributed by atoms with E-state index in [1.165, 1.54) is 22.3 Å². The Morgan fingerprint density at radius 1 is 0.958 bits per heavy atom. The van der Waals surface area contributed by atoms with Crippen LogP contribution in [0.4, 0.5) is 0 Å². The maximum absolute atomic E-state index is 6.17. The van der Waals surface area contributed by atoms with Crippen molar-refractivity contribution in [2.75, 3.05) is 0 Å². The van der Waals surface area contributed by atoms with E-state index in [-0.39, 0.29) is 0 Å². The van der Waals surface area contributed by atoms with E-state index in [2.05, 4.69) is 91.3 Å². The van der Waals surface area contributed by atoms with Crippen molar-refractivity contribution in [2.45, 2.75) is 39.5 Å². The lowest BCUT2D eigenvalue weighted by molar-refractivity contribution is 0.443. The van der Waals surface area contributed by atoms with Gasteiger partial charge in [0.2, 0.25) is 0 Å². The minimum atomic E-state index is 0.385. The molecule has 124 valence electrons. The van der Waals surface area contributed by atoms with Crippen molar-refractivity contribution < 1.29 is 4.42 Å². The third-order valence-electron chi connectivity index (χ3n) is 4.70. The number of halogens is 1. The fraction of sp³-hybridized carbons (Fsp3) is 0.273. The molecule has 1 aromatic heterocycles. The molecular weight excluding hydrogens is 360 g/mol. The average molecular weight is 383 g/mol. The molecule has 24 heavy (non-hydrogen) atoms. The Labute approximate surface area is 152 Å². The SMILES string of the molecule is Cc1oc(C(C)CCc2ccccc2)c(-c2ccc(Br)cc2)c1C. The highest BCUT2D eigenvalue weighted by Gasteiger charge is 2.21. The van der Waals surface area contributed by atoms with E-state index in [4.69, 9.17) is 4.42 Å². The molecule has 0 amide bonds. The molecule has 2 aromatic carbocycles. The lowest BCUT2D eigenvalue weighted by Gasteiger charge is -2.12. The van der Waals surface area contributed by atoms with Crippen molar-refractivity contribution >= 4 is 15.9 Å². The summed E-state index contributed by atoms with van der Waals surface area (Å²) >= 11 is 3.52. The molecule has 1 atom stereocenters. The molecule has 1 unspecified atom stereocenters. The van der Waals surface area contributed by atoms with Gasteiger partial charge >= 0.3 is 0 Å². The largest absolute Gasteiger partial charge is 0.465 e. The first kappa shape index (κ1) is 17.0. The molecule has 0 aliphatic rings. The maximum Gasteiger partial charge on any atom is 0.115 e. The molecule has 1 heterocycles. The average Bonchev–Trinajstić information content (AvgIpc) is 2.90. The zero-order valence-corrected chi connectivity index (χ0v) is 16.1. The predicted molar refractivity (Wildman–Crippen MR) is 104 cm³/mol. The van der Waals surface area contributed by atoms with Crippen molar-refractivity contribution in [3.8, 4) is 11.1 Å². The van der Waals surface area contributed by atoms with Crippen LogP contribution in [0.3, 0.4) is 0 Å². The molecule has 0 aliphatic heterocycles. The van der Waals surface area contributed by atoms with Gasteiger partial charge in [-0.3, -0.25) is 0 Å². The standard InChI is InChI=1S/C22H23BrO/c1-15(9-10-18-7-5-4-6-8-18)22-21(16(2)17(3)24-22)19-11-13-20(23)14-12-19/h4-8,11-15H,9-10H2,1-3H3. The molecule has 1 nitrogen and oxygen atoms in total. The molecule has 0 spiro atoms. The first-order valence-corrected chi connectivity index (χ1v) is 9.25. The molecule has 2 heteroatoms. The number of benzene rings is 2. The van der Waals surface area contributed by atoms with Gasteiger partial charge < -0.3 is 4.42 Å². The van der Waals surface area contributed by atoms with Crippen LogP contribution in [0, 0.1) is 13.8 Å². The molecule has 3 rings (SSSR count). The Morgan fingerprint density at radius 3 is 2.29 bits per heavy atom. The van der Waals surface area contributed by atoms with Crippen LogP contribution in [0.2, 0.25) is 0 Å². The van der Waals surface area contributed by atoms with E-state index in [9.17, 15) is 0 Å². The van der Waals surface area contributed by atoms with Gasteiger partial charge in [-0.05, 0) is 55.5 Å².